The lowest BCUT2D eigenvalue weighted by molar-refractivity contribution is -0.132. The zero-order valence-corrected chi connectivity index (χ0v) is 14.6. The Hall–Kier alpha value is -2.64. The molecule has 8 nitrogen and oxygen atoms in total. The van der Waals surface area contributed by atoms with Crippen LogP contribution < -0.4 is 0 Å². The SMILES string of the molecule is Cc1noc(C2CC(=O)N(C3CN(C(=O)c4[nH]c(C)cc4C)C3)C2)n1. The van der Waals surface area contributed by atoms with E-state index < -0.39 is 0 Å². The van der Waals surface area contributed by atoms with E-state index in [1.54, 1.807) is 11.8 Å². The van der Waals surface area contributed by atoms with Crippen molar-refractivity contribution in [3.8, 4) is 0 Å². The number of hydrogen-bond donors (Lipinski definition) is 1. The van der Waals surface area contributed by atoms with Crippen LogP contribution in [0.1, 0.15) is 45.8 Å². The summed E-state index contributed by atoms with van der Waals surface area (Å²) in [6.07, 6.45) is 0.390. The molecule has 2 aromatic heterocycles. The van der Waals surface area contributed by atoms with Crippen LogP contribution in [0.25, 0.3) is 0 Å². The summed E-state index contributed by atoms with van der Waals surface area (Å²) in [4.78, 5) is 35.9. The van der Waals surface area contributed by atoms with Crippen molar-refractivity contribution in [2.24, 2.45) is 0 Å². The smallest absolute Gasteiger partial charge is 0.270 e. The van der Waals surface area contributed by atoms with Gasteiger partial charge in [-0.25, -0.2) is 0 Å². The van der Waals surface area contributed by atoms with Crippen molar-refractivity contribution in [3.63, 3.8) is 0 Å². The molecule has 1 atom stereocenters. The Labute approximate surface area is 145 Å². The van der Waals surface area contributed by atoms with E-state index >= 15 is 0 Å². The average molecular weight is 343 g/mol. The second kappa shape index (κ2) is 5.72. The summed E-state index contributed by atoms with van der Waals surface area (Å²) in [6.45, 7) is 7.34. The Morgan fingerprint density at radius 1 is 1.28 bits per heavy atom. The molecule has 4 heterocycles. The normalized spacial score (nSPS) is 21.1. The fraction of sp³-hybridized carbons (Fsp3) is 0.529. The number of aryl methyl sites for hydroxylation is 3. The lowest BCUT2D eigenvalue weighted by Gasteiger charge is -2.43. The van der Waals surface area contributed by atoms with Crippen molar-refractivity contribution in [2.75, 3.05) is 19.6 Å². The summed E-state index contributed by atoms with van der Waals surface area (Å²) in [5.74, 6) is 1.14. The zero-order valence-electron chi connectivity index (χ0n) is 14.6. The standard InChI is InChI=1S/C17H21N5O3/c1-9-4-10(2)18-15(9)17(24)21-7-13(8-21)22-6-12(5-14(22)23)16-19-11(3)20-25-16/h4,12-13,18H,5-8H2,1-3H3. The summed E-state index contributed by atoms with van der Waals surface area (Å²) < 4.78 is 5.20. The van der Waals surface area contributed by atoms with Gasteiger partial charge < -0.3 is 19.3 Å². The molecule has 0 spiro atoms. The first kappa shape index (κ1) is 15.9. The number of likely N-dealkylation sites (tertiary alicyclic amines) is 2. The Kier molecular flexibility index (Phi) is 3.63. The highest BCUT2D eigenvalue weighted by Gasteiger charge is 2.43. The Bertz CT molecular complexity index is 833. The molecule has 2 aromatic rings. The molecule has 1 unspecified atom stereocenters. The van der Waals surface area contributed by atoms with E-state index in [1.807, 2.05) is 24.8 Å². The number of hydrogen-bond acceptors (Lipinski definition) is 5. The molecular weight excluding hydrogens is 322 g/mol. The monoisotopic (exact) mass is 343 g/mol. The van der Waals surface area contributed by atoms with Crippen molar-refractivity contribution in [1.82, 2.24) is 24.9 Å². The van der Waals surface area contributed by atoms with Gasteiger partial charge in [0.15, 0.2) is 5.82 Å². The van der Waals surface area contributed by atoms with Gasteiger partial charge in [-0.1, -0.05) is 5.16 Å². The van der Waals surface area contributed by atoms with Crippen molar-refractivity contribution >= 4 is 11.8 Å². The molecule has 2 amide bonds. The number of carbonyl (C=O) groups excluding carboxylic acids is 2. The fourth-order valence-electron chi connectivity index (χ4n) is 3.66. The van der Waals surface area contributed by atoms with Gasteiger partial charge in [-0.2, -0.15) is 4.98 Å². The van der Waals surface area contributed by atoms with Gasteiger partial charge in [-0.3, -0.25) is 9.59 Å². The van der Waals surface area contributed by atoms with Crippen LogP contribution in [0.15, 0.2) is 10.6 Å². The largest absolute Gasteiger partial charge is 0.354 e. The van der Waals surface area contributed by atoms with Gasteiger partial charge in [-0.05, 0) is 32.4 Å². The number of nitrogens with zero attached hydrogens (tertiary/aromatic N) is 4. The molecule has 0 aliphatic carbocycles. The second-order valence-electron chi connectivity index (χ2n) is 7.00. The number of aromatic nitrogens is 3. The van der Waals surface area contributed by atoms with E-state index in [0.29, 0.717) is 43.5 Å². The van der Waals surface area contributed by atoms with E-state index in [2.05, 4.69) is 15.1 Å². The molecule has 8 heteroatoms. The van der Waals surface area contributed by atoms with Gasteiger partial charge in [-0.15, -0.1) is 0 Å². The molecule has 2 saturated heterocycles. The van der Waals surface area contributed by atoms with E-state index in [4.69, 9.17) is 4.52 Å². The van der Waals surface area contributed by atoms with Crippen LogP contribution in [0.2, 0.25) is 0 Å². The summed E-state index contributed by atoms with van der Waals surface area (Å²) >= 11 is 0. The van der Waals surface area contributed by atoms with Gasteiger partial charge >= 0.3 is 0 Å². The molecule has 0 bridgehead atoms. The van der Waals surface area contributed by atoms with E-state index in [9.17, 15) is 9.59 Å². The van der Waals surface area contributed by atoms with Gasteiger partial charge in [0.1, 0.15) is 5.69 Å². The highest BCUT2D eigenvalue weighted by Crippen LogP contribution is 2.31. The maximum Gasteiger partial charge on any atom is 0.270 e. The first-order valence-electron chi connectivity index (χ1n) is 8.47. The predicted octanol–water partition coefficient (Wildman–Crippen LogP) is 1.16. The van der Waals surface area contributed by atoms with E-state index in [-0.39, 0.29) is 23.8 Å². The molecule has 0 aromatic carbocycles. The molecule has 0 radical (unpaired) electrons. The molecular formula is C17H21N5O3. The Morgan fingerprint density at radius 3 is 2.64 bits per heavy atom. The molecule has 2 aliphatic rings. The minimum Gasteiger partial charge on any atom is -0.354 e. The minimum absolute atomic E-state index is 0.00225. The van der Waals surface area contributed by atoms with Crippen LogP contribution in [-0.2, 0) is 4.79 Å². The maximum atomic E-state index is 12.5. The lowest BCUT2D eigenvalue weighted by Crippen LogP contribution is -2.61. The molecule has 132 valence electrons. The van der Waals surface area contributed by atoms with E-state index in [1.165, 1.54) is 0 Å². The van der Waals surface area contributed by atoms with Crippen LogP contribution >= 0.6 is 0 Å². The molecule has 4 rings (SSSR count). The number of H-pyrrole nitrogens is 1. The van der Waals surface area contributed by atoms with Crippen LogP contribution in [0.4, 0.5) is 0 Å². The first-order valence-corrected chi connectivity index (χ1v) is 8.47. The summed E-state index contributed by atoms with van der Waals surface area (Å²) in [5.41, 5.74) is 2.57. The van der Waals surface area contributed by atoms with Crippen molar-refractivity contribution in [2.45, 2.75) is 39.2 Å². The maximum absolute atomic E-state index is 12.5. The molecule has 2 aliphatic heterocycles. The van der Waals surface area contributed by atoms with Gasteiger partial charge in [0.05, 0.1) is 12.0 Å². The van der Waals surface area contributed by atoms with Gasteiger partial charge in [0.2, 0.25) is 11.8 Å². The number of amides is 2. The third-order valence-electron chi connectivity index (χ3n) is 5.00. The summed E-state index contributed by atoms with van der Waals surface area (Å²) in [6, 6.07) is 2.03. The quantitative estimate of drug-likeness (QED) is 0.902. The predicted molar refractivity (Wildman–Crippen MR) is 88.1 cm³/mol. The third-order valence-corrected chi connectivity index (χ3v) is 5.00. The van der Waals surface area contributed by atoms with E-state index in [0.717, 1.165) is 11.3 Å². The minimum atomic E-state index is -0.0493. The average Bonchev–Trinajstić information content (AvgIpc) is 3.18. The van der Waals surface area contributed by atoms with Gasteiger partial charge in [0.25, 0.3) is 5.91 Å². The van der Waals surface area contributed by atoms with Crippen molar-refractivity contribution < 1.29 is 14.1 Å². The number of rotatable bonds is 3. The lowest BCUT2D eigenvalue weighted by atomic mass is 10.1. The second-order valence-corrected chi connectivity index (χ2v) is 7.00. The molecule has 0 saturated carbocycles. The first-order chi connectivity index (χ1) is 11.9. The third kappa shape index (κ3) is 2.71. The van der Waals surface area contributed by atoms with Crippen LogP contribution in [0.3, 0.4) is 0 Å². The van der Waals surface area contributed by atoms with Crippen LogP contribution in [0, 0.1) is 20.8 Å². The van der Waals surface area contributed by atoms with Crippen molar-refractivity contribution in [1.29, 1.82) is 0 Å². The number of nitrogens with one attached hydrogen (secondary N) is 1. The molecule has 25 heavy (non-hydrogen) atoms. The topological polar surface area (TPSA) is 95.3 Å². The van der Waals surface area contributed by atoms with Crippen LogP contribution in [0.5, 0.6) is 0 Å². The zero-order chi connectivity index (χ0) is 17.7. The molecule has 1 N–H and O–H groups in total. The Balaban J connectivity index is 1.38. The number of carbonyl (C=O) groups is 2. The van der Waals surface area contributed by atoms with Crippen molar-refractivity contribution in [3.05, 3.63) is 34.7 Å². The van der Waals surface area contributed by atoms with Crippen LogP contribution in [-0.4, -0.2) is 62.4 Å². The highest BCUT2D eigenvalue weighted by atomic mass is 16.5. The fourth-order valence-corrected chi connectivity index (χ4v) is 3.66. The number of aromatic amines is 1. The highest BCUT2D eigenvalue weighted by molar-refractivity contribution is 5.94. The Morgan fingerprint density at radius 2 is 2.04 bits per heavy atom. The van der Waals surface area contributed by atoms with Gasteiger partial charge in [0, 0.05) is 31.7 Å². The summed E-state index contributed by atoms with van der Waals surface area (Å²) in [5, 5.41) is 3.80. The summed E-state index contributed by atoms with van der Waals surface area (Å²) in [7, 11) is 0. The molecule has 2 fully saturated rings.